The van der Waals surface area contributed by atoms with Gasteiger partial charge in [0.25, 0.3) is 0 Å². The molecule has 240 valence electrons. The first-order chi connectivity index (χ1) is 21.5. The largest absolute Gasteiger partial charge is 0.453 e. The number of methoxy groups -OCH3 is 1. The van der Waals surface area contributed by atoms with Gasteiger partial charge in [-0.15, -0.1) is 0 Å². The van der Waals surface area contributed by atoms with Gasteiger partial charge >= 0.3 is 12.2 Å². The zero-order valence-corrected chi connectivity index (χ0v) is 26.1. The number of carbonyl (C=O) groups excluding carboxylic acids is 4. The van der Waals surface area contributed by atoms with Crippen molar-refractivity contribution in [3.63, 3.8) is 0 Å². The van der Waals surface area contributed by atoms with Crippen molar-refractivity contribution < 1.29 is 37.5 Å². The highest BCUT2D eigenvalue weighted by molar-refractivity contribution is 6.31. The maximum absolute atomic E-state index is 14.7. The topological polar surface area (TPSA) is 152 Å². The lowest BCUT2D eigenvalue weighted by molar-refractivity contribution is -0.129. The van der Waals surface area contributed by atoms with E-state index in [1.807, 2.05) is 13.8 Å². The molecule has 4 rings (SSSR count). The number of rotatable bonds is 12. The molecule has 2 aromatic carbocycles. The van der Waals surface area contributed by atoms with E-state index in [4.69, 9.17) is 20.8 Å². The van der Waals surface area contributed by atoms with E-state index < -0.39 is 24.1 Å². The van der Waals surface area contributed by atoms with Crippen LogP contribution in [0.25, 0.3) is 11.3 Å². The number of likely N-dealkylation sites (N-methyl/N-ethyl adjacent to an activating group) is 1. The number of hydrogen-bond donors (Lipinski definition) is 3. The Morgan fingerprint density at radius 1 is 1.22 bits per heavy atom. The van der Waals surface area contributed by atoms with Crippen molar-refractivity contribution in [2.75, 3.05) is 36.7 Å². The molecule has 0 radical (unpaired) electrons. The van der Waals surface area contributed by atoms with Crippen molar-refractivity contribution in [3.05, 3.63) is 58.8 Å². The molecular weight excluding hydrogens is 609 g/mol. The molecule has 0 saturated carbocycles. The molecule has 0 spiro atoms. The normalized spacial score (nSPS) is 14.4. The molecule has 1 aromatic heterocycles. The number of benzene rings is 2. The van der Waals surface area contributed by atoms with Crippen LogP contribution in [-0.4, -0.2) is 54.6 Å². The average Bonchev–Trinajstić information content (AvgIpc) is 3.46. The fourth-order valence-electron chi connectivity index (χ4n) is 4.87. The Hall–Kier alpha value is -4.65. The van der Waals surface area contributed by atoms with Gasteiger partial charge in [0.05, 0.1) is 35.3 Å². The molecule has 0 aliphatic carbocycles. The summed E-state index contributed by atoms with van der Waals surface area (Å²) in [4.78, 5) is 55.2. The Kier molecular flexibility index (Phi) is 11.0. The smallest absolute Gasteiger partial charge is 0.412 e. The van der Waals surface area contributed by atoms with Crippen LogP contribution in [0, 0.1) is 11.7 Å². The number of aromatic nitrogens is 1. The number of halogens is 2. The summed E-state index contributed by atoms with van der Waals surface area (Å²) in [6, 6.07) is 7.75. The Labute approximate surface area is 264 Å². The van der Waals surface area contributed by atoms with E-state index in [1.54, 1.807) is 25.2 Å². The summed E-state index contributed by atoms with van der Waals surface area (Å²) >= 11 is 5.93. The van der Waals surface area contributed by atoms with Crippen LogP contribution in [0.2, 0.25) is 5.02 Å². The molecule has 1 aliphatic rings. The molecule has 2 atom stereocenters. The summed E-state index contributed by atoms with van der Waals surface area (Å²) in [7, 11) is 2.86. The number of anilines is 3. The highest BCUT2D eigenvalue weighted by atomic mass is 35.5. The fourth-order valence-corrected chi connectivity index (χ4v) is 5.03. The van der Waals surface area contributed by atoms with Crippen molar-refractivity contribution in [2.24, 2.45) is 5.92 Å². The highest BCUT2D eigenvalue weighted by Crippen LogP contribution is 2.38. The average molecular weight is 644 g/mol. The van der Waals surface area contributed by atoms with E-state index in [0.29, 0.717) is 47.8 Å². The van der Waals surface area contributed by atoms with Gasteiger partial charge in [-0.25, -0.2) is 19.0 Å². The molecule has 45 heavy (non-hydrogen) atoms. The Morgan fingerprint density at radius 2 is 2.00 bits per heavy atom. The number of fused-ring (bicyclic) bond motifs is 1. The molecule has 2 heterocycles. The third-order valence-electron chi connectivity index (χ3n) is 7.33. The summed E-state index contributed by atoms with van der Waals surface area (Å²) in [6.07, 6.45) is 1.34. The SMILES string of the molecule is CCCC(C)C(=O)Nc1cc(NC(=O)OC)ccc1-c1cnc(CC(=O)N(C)CCCC2OC(=O)Nc3ccc(Cl)c(F)c32)o1. The minimum atomic E-state index is -0.848. The van der Waals surface area contributed by atoms with E-state index in [0.717, 1.165) is 6.42 Å². The van der Waals surface area contributed by atoms with Crippen LogP contribution in [0.5, 0.6) is 0 Å². The molecule has 0 bridgehead atoms. The maximum Gasteiger partial charge on any atom is 0.412 e. The Morgan fingerprint density at radius 3 is 2.73 bits per heavy atom. The number of carbonyl (C=O) groups is 4. The van der Waals surface area contributed by atoms with Crippen LogP contribution < -0.4 is 16.0 Å². The minimum Gasteiger partial charge on any atom is -0.453 e. The maximum atomic E-state index is 14.7. The summed E-state index contributed by atoms with van der Waals surface area (Å²) < 4.78 is 30.5. The number of ether oxygens (including phenoxy) is 2. The highest BCUT2D eigenvalue weighted by Gasteiger charge is 2.30. The van der Waals surface area contributed by atoms with Crippen molar-refractivity contribution in [3.8, 4) is 11.3 Å². The second kappa shape index (κ2) is 14.9. The van der Waals surface area contributed by atoms with Crippen molar-refractivity contribution in [1.29, 1.82) is 0 Å². The number of nitrogens with zero attached hydrogens (tertiary/aromatic N) is 2. The van der Waals surface area contributed by atoms with E-state index in [2.05, 4.69) is 25.7 Å². The van der Waals surface area contributed by atoms with Crippen molar-refractivity contribution in [1.82, 2.24) is 9.88 Å². The minimum absolute atomic E-state index is 0.0783. The van der Waals surface area contributed by atoms with E-state index in [-0.39, 0.29) is 47.1 Å². The summed E-state index contributed by atoms with van der Waals surface area (Å²) in [5.41, 5.74) is 1.77. The van der Waals surface area contributed by atoms with Gasteiger partial charge in [-0.2, -0.15) is 0 Å². The molecule has 1 aliphatic heterocycles. The van der Waals surface area contributed by atoms with Gasteiger partial charge in [0, 0.05) is 30.8 Å². The van der Waals surface area contributed by atoms with Gasteiger partial charge in [0.15, 0.2) is 11.6 Å². The third-order valence-corrected chi connectivity index (χ3v) is 7.62. The molecule has 0 saturated heterocycles. The molecule has 12 nitrogen and oxygen atoms in total. The van der Waals surface area contributed by atoms with Crippen LogP contribution in [0.1, 0.15) is 57.1 Å². The Bertz CT molecular complexity index is 1580. The molecule has 14 heteroatoms. The quantitative estimate of drug-likeness (QED) is 0.195. The van der Waals surface area contributed by atoms with Crippen LogP contribution >= 0.6 is 11.6 Å². The second-order valence-electron chi connectivity index (χ2n) is 10.7. The number of cyclic esters (lactones) is 1. The van der Waals surface area contributed by atoms with Crippen molar-refractivity contribution >= 4 is 52.7 Å². The van der Waals surface area contributed by atoms with Gasteiger partial charge in [-0.1, -0.05) is 31.9 Å². The molecule has 3 N–H and O–H groups in total. The predicted molar refractivity (Wildman–Crippen MR) is 165 cm³/mol. The van der Waals surface area contributed by atoms with E-state index in [1.165, 1.54) is 30.3 Å². The zero-order valence-electron chi connectivity index (χ0n) is 25.4. The van der Waals surface area contributed by atoms with Gasteiger partial charge in [0.2, 0.25) is 17.7 Å². The lowest BCUT2D eigenvalue weighted by Gasteiger charge is -2.27. The van der Waals surface area contributed by atoms with Crippen LogP contribution in [0.15, 0.2) is 40.9 Å². The number of hydrogen-bond acceptors (Lipinski definition) is 8. The van der Waals surface area contributed by atoms with Crippen LogP contribution in [0.3, 0.4) is 0 Å². The lowest BCUT2D eigenvalue weighted by atomic mass is 10.0. The first-order valence-corrected chi connectivity index (χ1v) is 14.8. The Balaban J connectivity index is 1.41. The number of nitrogens with one attached hydrogen (secondary N) is 3. The number of oxazole rings is 1. The molecule has 2 unspecified atom stereocenters. The van der Waals surface area contributed by atoms with Crippen LogP contribution in [-0.2, 0) is 25.5 Å². The third kappa shape index (κ3) is 8.29. The first kappa shape index (κ1) is 33.2. The summed E-state index contributed by atoms with van der Waals surface area (Å²) in [5, 5.41) is 7.86. The molecule has 4 amide bonds. The van der Waals surface area contributed by atoms with Gasteiger partial charge in [-0.3, -0.25) is 20.2 Å². The summed E-state index contributed by atoms with van der Waals surface area (Å²) in [6.45, 7) is 4.12. The fraction of sp³-hybridized carbons (Fsp3) is 0.387. The predicted octanol–water partition coefficient (Wildman–Crippen LogP) is 6.77. The first-order valence-electron chi connectivity index (χ1n) is 14.4. The lowest BCUT2D eigenvalue weighted by Crippen LogP contribution is -2.30. The molecule has 3 aromatic rings. The van der Waals surface area contributed by atoms with Gasteiger partial charge in [-0.05, 0) is 49.6 Å². The van der Waals surface area contributed by atoms with E-state index in [9.17, 15) is 23.6 Å². The number of amides is 4. The van der Waals surface area contributed by atoms with Crippen LogP contribution in [0.4, 0.5) is 31.0 Å². The zero-order chi connectivity index (χ0) is 32.7. The standard InChI is InChI=1S/C31H35ClFN5O7/c1-5-7-17(2)29(40)36-22-14-18(35-30(41)43-4)9-10-19(22)24-16-34-25(44-24)15-26(39)38(3)13-6-8-23-27-21(37-31(42)45-23)12-11-20(32)28(27)33/h9-12,14,16-17,23H,5-8,13,15H2,1-4H3,(H,35,41)(H,36,40)(H,37,42). The van der Waals surface area contributed by atoms with Gasteiger partial charge in [0.1, 0.15) is 12.5 Å². The second-order valence-corrected chi connectivity index (χ2v) is 11.1. The molecular formula is C31H35ClFN5O7. The van der Waals surface area contributed by atoms with Crippen molar-refractivity contribution in [2.45, 2.75) is 52.1 Å². The van der Waals surface area contributed by atoms with Gasteiger partial charge < -0.3 is 24.1 Å². The van der Waals surface area contributed by atoms with E-state index >= 15 is 0 Å². The molecule has 0 fully saturated rings. The summed E-state index contributed by atoms with van der Waals surface area (Å²) in [5.74, 6) is -0.898. The monoisotopic (exact) mass is 643 g/mol.